The van der Waals surface area contributed by atoms with E-state index in [0.29, 0.717) is 0 Å². The molecular formula is C19H21Cl2Hf-. The zero-order valence-electron chi connectivity index (χ0n) is 13.1. The summed E-state index contributed by atoms with van der Waals surface area (Å²) in [4.78, 5) is 0. The molecule has 0 aromatic heterocycles. The molecule has 0 aliphatic rings. The smallest absolute Gasteiger partial charge is 0 e. The Balaban J connectivity index is 0.00000147. The van der Waals surface area contributed by atoms with Gasteiger partial charge < -0.3 is 0 Å². The number of hydrogen-bond donors (Lipinski definition) is 0. The molecule has 0 aliphatic heterocycles. The fourth-order valence-corrected chi connectivity index (χ4v) is 2.48. The van der Waals surface area contributed by atoms with E-state index in [0.717, 1.165) is 0 Å². The Morgan fingerprint density at radius 3 is 1.95 bits per heavy atom. The van der Waals surface area contributed by atoms with E-state index in [4.69, 9.17) is 0 Å². The van der Waals surface area contributed by atoms with Gasteiger partial charge in [0, 0.05) is 25.8 Å². The van der Waals surface area contributed by atoms with Crippen LogP contribution in [0.2, 0.25) is 0 Å². The normalized spacial score (nSPS) is 10.3. The van der Waals surface area contributed by atoms with E-state index in [2.05, 4.69) is 81.4 Å². The fourth-order valence-electron chi connectivity index (χ4n) is 2.48. The molecule has 0 heterocycles. The van der Waals surface area contributed by atoms with Crippen LogP contribution in [-0.2, 0) is 31.3 Å². The molecule has 0 atom stereocenters. The van der Waals surface area contributed by atoms with Crippen molar-refractivity contribution in [2.45, 2.75) is 26.2 Å². The molecule has 0 amide bonds. The maximum atomic E-state index is 2.27. The summed E-state index contributed by atoms with van der Waals surface area (Å²) in [5.74, 6) is 0. The summed E-state index contributed by atoms with van der Waals surface area (Å²) in [6.07, 6.45) is 0. The first kappa shape index (κ1) is 21.5. The van der Waals surface area contributed by atoms with Gasteiger partial charge in [-0.2, -0.15) is 0 Å². The largest absolute Gasteiger partial charge is 0.147 e. The van der Waals surface area contributed by atoms with Gasteiger partial charge in [-0.3, -0.25) is 0 Å². The van der Waals surface area contributed by atoms with Crippen molar-refractivity contribution in [3.63, 3.8) is 0 Å². The number of rotatable bonds is 1. The molecule has 3 aromatic rings. The van der Waals surface area contributed by atoms with E-state index in [1.54, 1.807) is 0 Å². The van der Waals surface area contributed by atoms with E-state index in [9.17, 15) is 0 Å². The number of halogens is 2. The molecule has 0 nitrogen and oxygen atoms in total. The standard InChI is InChI=1S/C19H19.2ClH.Hf/c1-19(2,3)18-10-8-14(9-11-18)17-12-15-6-4-5-7-16(15)13-17;;;/h4-13H,1-3H3;2*1H;/q-1;;;. The van der Waals surface area contributed by atoms with Crippen molar-refractivity contribution in [2.75, 3.05) is 0 Å². The van der Waals surface area contributed by atoms with E-state index in [1.165, 1.54) is 27.5 Å². The number of hydrogen-bond acceptors (Lipinski definition) is 0. The van der Waals surface area contributed by atoms with Crippen molar-refractivity contribution in [3.8, 4) is 11.1 Å². The molecule has 3 aromatic carbocycles. The monoisotopic (exact) mass is 499 g/mol. The third-order valence-electron chi connectivity index (χ3n) is 3.70. The molecule has 0 bridgehead atoms. The van der Waals surface area contributed by atoms with Crippen molar-refractivity contribution in [1.29, 1.82) is 0 Å². The molecule has 0 radical (unpaired) electrons. The SMILES string of the molecule is CC(C)(C)c1ccc(-c2cc3ccccc3[cH-]2)cc1.Cl.Cl.[Hf]. The second kappa shape index (κ2) is 8.38. The number of benzene rings is 2. The van der Waals surface area contributed by atoms with Gasteiger partial charge in [0.25, 0.3) is 0 Å². The Labute approximate surface area is 164 Å². The first-order chi connectivity index (χ1) is 9.04. The molecule has 116 valence electrons. The quantitative estimate of drug-likeness (QED) is 0.270. The molecule has 0 unspecified atom stereocenters. The molecule has 3 heteroatoms. The summed E-state index contributed by atoms with van der Waals surface area (Å²) in [5, 5.41) is 2.63. The average molecular weight is 499 g/mol. The van der Waals surface area contributed by atoms with Gasteiger partial charge >= 0.3 is 0 Å². The van der Waals surface area contributed by atoms with Crippen molar-refractivity contribution in [2.24, 2.45) is 0 Å². The maximum absolute atomic E-state index is 2.27. The van der Waals surface area contributed by atoms with Crippen molar-refractivity contribution in [3.05, 3.63) is 66.2 Å². The van der Waals surface area contributed by atoms with E-state index in [1.807, 2.05) is 0 Å². The second-order valence-corrected chi connectivity index (χ2v) is 6.20. The Kier molecular flexibility index (Phi) is 8.19. The van der Waals surface area contributed by atoms with Gasteiger partial charge in [0.15, 0.2) is 0 Å². The molecule has 0 aliphatic carbocycles. The summed E-state index contributed by atoms with van der Waals surface area (Å²) >= 11 is 0. The first-order valence-corrected chi connectivity index (χ1v) is 6.80. The van der Waals surface area contributed by atoms with Crippen LogP contribution in [0.15, 0.2) is 60.7 Å². The summed E-state index contributed by atoms with van der Waals surface area (Å²) < 4.78 is 0. The predicted molar refractivity (Wildman–Crippen MR) is 98.2 cm³/mol. The summed E-state index contributed by atoms with van der Waals surface area (Å²) in [7, 11) is 0. The molecule has 3 rings (SSSR count). The van der Waals surface area contributed by atoms with Crippen LogP contribution >= 0.6 is 24.8 Å². The first-order valence-electron chi connectivity index (χ1n) is 6.80. The molecule has 0 saturated heterocycles. The van der Waals surface area contributed by atoms with Crippen LogP contribution in [0.3, 0.4) is 0 Å². The average Bonchev–Trinajstić information content (AvgIpc) is 2.81. The zero-order chi connectivity index (χ0) is 13.5. The van der Waals surface area contributed by atoms with Gasteiger partial charge in [0.2, 0.25) is 0 Å². The van der Waals surface area contributed by atoms with Crippen LogP contribution in [0.5, 0.6) is 0 Å². The third-order valence-corrected chi connectivity index (χ3v) is 3.70. The minimum Gasteiger partial charge on any atom is -0.147 e. The molecular weight excluding hydrogens is 478 g/mol. The van der Waals surface area contributed by atoms with Gasteiger partial charge in [-0.15, -0.1) is 59.3 Å². The second-order valence-electron chi connectivity index (χ2n) is 6.20. The van der Waals surface area contributed by atoms with Gasteiger partial charge in [0.1, 0.15) is 0 Å². The van der Waals surface area contributed by atoms with E-state index in [-0.39, 0.29) is 56.1 Å². The van der Waals surface area contributed by atoms with Crippen LogP contribution in [0.1, 0.15) is 26.3 Å². The Morgan fingerprint density at radius 1 is 0.818 bits per heavy atom. The van der Waals surface area contributed by atoms with Crippen LogP contribution in [0.4, 0.5) is 0 Å². The van der Waals surface area contributed by atoms with Crippen molar-refractivity contribution in [1.82, 2.24) is 0 Å². The van der Waals surface area contributed by atoms with Crippen LogP contribution in [0, 0.1) is 0 Å². The summed E-state index contributed by atoms with van der Waals surface area (Å²) in [6.45, 7) is 6.75. The van der Waals surface area contributed by atoms with Gasteiger partial charge in [-0.05, 0) is 11.0 Å². The number of fused-ring (bicyclic) bond motifs is 1. The van der Waals surface area contributed by atoms with Crippen molar-refractivity contribution >= 4 is 35.6 Å². The molecule has 22 heavy (non-hydrogen) atoms. The van der Waals surface area contributed by atoms with Gasteiger partial charge in [-0.25, -0.2) is 0 Å². The van der Waals surface area contributed by atoms with Crippen LogP contribution in [0.25, 0.3) is 21.9 Å². The molecule has 0 spiro atoms. The predicted octanol–water partition coefficient (Wildman–Crippen LogP) is 6.36. The van der Waals surface area contributed by atoms with Crippen LogP contribution < -0.4 is 0 Å². The summed E-state index contributed by atoms with van der Waals surface area (Å²) in [5.41, 5.74) is 4.20. The van der Waals surface area contributed by atoms with Crippen LogP contribution in [-0.4, -0.2) is 0 Å². The Morgan fingerprint density at radius 2 is 1.41 bits per heavy atom. The van der Waals surface area contributed by atoms with E-state index >= 15 is 0 Å². The molecule has 0 fully saturated rings. The van der Waals surface area contributed by atoms with Gasteiger partial charge in [0.05, 0.1) is 0 Å². The minimum absolute atomic E-state index is 0. The van der Waals surface area contributed by atoms with Gasteiger partial charge in [-0.1, -0.05) is 68.8 Å². The topological polar surface area (TPSA) is 0 Å². The van der Waals surface area contributed by atoms with Crippen molar-refractivity contribution < 1.29 is 25.8 Å². The summed E-state index contributed by atoms with van der Waals surface area (Å²) in [6, 6.07) is 22.0. The Bertz CT molecular complexity index is 673. The minimum atomic E-state index is 0. The molecule has 0 saturated carbocycles. The fraction of sp³-hybridized carbons (Fsp3) is 0.211. The molecule has 0 N–H and O–H groups in total. The van der Waals surface area contributed by atoms with E-state index < -0.39 is 0 Å². The Hall–Kier alpha value is -0.500. The third kappa shape index (κ3) is 4.50. The maximum Gasteiger partial charge on any atom is 0 e. The zero-order valence-corrected chi connectivity index (χ0v) is 18.3.